The van der Waals surface area contributed by atoms with Crippen LogP contribution in [0.25, 0.3) is 0 Å². The highest BCUT2D eigenvalue weighted by atomic mass is 16.1. The van der Waals surface area contributed by atoms with E-state index in [0.717, 1.165) is 22.6 Å². The van der Waals surface area contributed by atoms with Crippen molar-refractivity contribution in [2.24, 2.45) is 0 Å². The number of hydrogen-bond donors (Lipinski definition) is 3. The summed E-state index contributed by atoms with van der Waals surface area (Å²) in [4.78, 5) is 18.1. The molecular formula is C13H16N4O. The van der Waals surface area contributed by atoms with Crippen LogP contribution in [0.2, 0.25) is 0 Å². The van der Waals surface area contributed by atoms with Gasteiger partial charge in [-0.25, -0.2) is 4.98 Å². The summed E-state index contributed by atoms with van der Waals surface area (Å²) in [7, 11) is 0. The molecule has 0 aliphatic rings. The Kier molecular flexibility index (Phi) is 3.62. The molecule has 0 spiro atoms. The highest BCUT2D eigenvalue weighted by molar-refractivity contribution is 5.90. The third-order valence-corrected chi connectivity index (χ3v) is 2.59. The third-order valence-electron chi connectivity index (χ3n) is 2.59. The SMILES string of the molecule is CC(=O)Nc1cc(NCc2cnc[nH]2)ccc1C. The Morgan fingerprint density at radius 2 is 2.28 bits per heavy atom. The predicted molar refractivity (Wildman–Crippen MR) is 71.4 cm³/mol. The zero-order valence-corrected chi connectivity index (χ0v) is 10.4. The zero-order valence-electron chi connectivity index (χ0n) is 10.4. The molecule has 0 fully saturated rings. The number of aromatic nitrogens is 2. The van der Waals surface area contributed by atoms with E-state index in [0.29, 0.717) is 6.54 Å². The smallest absolute Gasteiger partial charge is 0.221 e. The number of carbonyl (C=O) groups excluding carboxylic acids is 1. The maximum atomic E-state index is 11.1. The number of anilines is 2. The van der Waals surface area contributed by atoms with Crippen LogP contribution in [0, 0.1) is 6.92 Å². The molecule has 1 amide bonds. The Balaban J connectivity index is 2.06. The number of nitrogens with zero attached hydrogens (tertiary/aromatic N) is 1. The van der Waals surface area contributed by atoms with Gasteiger partial charge in [0.2, 0.25) is 5.91 Å². The van der Waals surface area contributed by atoms with Crippen molar-refractivity contribution in [1.29, 1.82) is 0 Å². The zero-order chi connectivity index (χ0) is 13.0. The van der Waals surface area contributed by atoms with Crippen molar-refractivity contribution in [3.63, 3.8) is 0 Å². The number of benzene rings is 1. The first-order chi connectivity index (χ1) is 8.65. The lowest BCUT2D eigenvalue weighted by Crippen LogP contribution is -2.08. The van der Waals surface area contributed by atoms with Crippen LogP contribution in [0.1, 0.15) is 18.2 Å². The number of imidazole rings is 1. The van der Waals surface area contributed by atoms with Crippen LogP contribution < -0.4 is 10.6 Å². The second kappa shape index (κ2) is 5.35. The lowest BCUT2D eigenvalue weighted by Gasteiger charge is -2.10. The lowest BCUT2D eigenvalue weighted by molar-refractivity contribution is -0.114. The molecule has 5 nitrogen and oxygen atoms in total. The Morgan fingerprint density at radius 3 is 2.94 bits per heavy atom. The third kappa shape index (κ3) is 3.10. The van der Waals surface area contributed by atoms with Gasteiger partial charge in [0.1, 0.15) is 0 Å². The van der Waals surface area contributed by atoms with Gasteiger partial charge in [-0.05, 0) is 24.6 Å². The highest BCUT2D eigenvalue weighted by Gasteiger charge is 2.02. The van der Waals surface area contributed by atoms with Crippen LogP contribution in [0.5, 0.6) is 0 Å². The average molecular weight is 244 g/mol. The van der Waals surface area contributed by atoms with Gasteiger partial charge in [0.15, 0.2) is 0 Å². The Morgan fingerprint density at radius 1 is 1.44 bits per heavy atom. The summed E-state index contributed by atoms with van der Waals surface area (Å²) in [5.74, 6) is -0.0659. The topological polar surface area (TPSA) is 69.8 Å². The van der Waals surface area contributed by atoms with Gasteiger partial charge in [0, 0.05) is 24.5 Å². The lowest BCUT2D eigenvalue weighted by atomic mass is 10.1. The first-order valence-corrected chi connectivity index (χ1v) is 5.74. The van der Waals surface area contributed by atoms with Crippen LogP contribution in [-0.2, 0) is 11.3 Å². The molecule has 94 valence electrons. The van der Waals surface area contributed by atoms with Gasteiger partial charge in [-0.15, -0.1) is 0 Å². The average Bonchev–Trinajstić information content (AvgIpc) is 2.82. The standard InChI is InChI=1S/C13H16N4O/c1-9-3-4-11(5-13(9)17-10(2)18)15-7-12-6-14-8-16-12/h3-6,8,15H,7H2,1-2H3,(H,14,16)(H,17,18). The molecule has 1 aromatic carbocycles. The first kappa shape index (κ1) is 12.2. The number of rotatable bonds is 4. The van der Waals surface area contributed by atoms with Crippen LogP contribution >= 0.6 is 0 Å². The molecule has 0 bridgehead atoms. The maximum absolute atomic E-state index is 11.1. The monoisotopic (exact) mass is 244 g/mol. The Bertz CT molecular complexity index is 534. The first-order valence-electron chi connectivity index (χ1n) is 5.74. The van der Waals surface area contributed by atoms with Gasteiger partial charge < -0.3 is 15.6 Å². The van der Waals surface area contributed by atoms with Crippen molar-refractivity contribution < 1.29 is 4.79 Å². The predicted octanol–water partition coefficient (Wildman–Crippen LogP) is 2.29. The van der Waals surface area contributed by atoms with Gasteiger partial charge in [-0.1, -0.05) is 6.07 Å². The molecule has 0 aliphatic heterocycles. The minimum atomic E-state index is -0.0659. The molecule has 0 radical (unpaired) electrons. The van der Waals surface area contributed by atoms with E-state index < -0.39 is 0 Å². The second-order valence-corrected chi connectivity index (χ2v) is 4.14. The summed E-state index contributed by atoms with van der Waals surface area (Å²) >= 11 is 0. The molecular weight excluding hydrogens is 228 g/mol. The summed E-state index contributed by atoms with van der Waals surface area (Å²) < 4.78 is 0. The number of amides is 1. The van der Waals surface area contributed by atoms with E-state index >= 15 is 0 Å². The van der Waals surface area contributed by atoms with Crippen LogP contribution in [0.3, 0.4) is 0 Å². The molecule has 1 aromatic heterocycles. The van der Waals surface area contributed by atoms with E-state index in [4.69, 9.17) is 0 Å². The molecule has 0 atom stereocenters. The van der Waals surface area contributed by atoms with Crippen molar-refractivity contribution in [1.82, 2.24) is 9.97 Å². The highest BCUT2D eigenvalue weighted by Crippen LogP contribution is 2.20. The molecule has 3 N–H and O–H groups in total. The Hall–Kier alpha value is -2.30. The van der Waals surface area contributed by atoms with Crippen LogP contribution in [0.15, 0.2) is 30.7 Å². The summed E-state index contributed by atoms with van der Waals surface area (Å²) in [5.41, 5.74) is 3.84. The summed E-state index contributed by atoms with van der Waals surface area (Å²) in [6.45, 7) is 4.14. The van der Waals surface area contributed by atoms with Gasteiger partial charge in [-0.2, -0.15) is 0 Å². The molecule has 0 saturated heterocycles. The van der Waals surface area contributed by atoms with E-state index in [1.54, 1.807) is 12.5 Å². The number of aryl methyl sites for hydroxylation is 1. The largest absolute Gasteiger partial charge is 0.379 e. The number of hydrogen-bond acceptors (Lipinski definition) is 3. The van der Waals surface area contributed by atoms with Gasteiger partial charge >= 0.3 is 0 Å². The molecule has 0 unspecified atom stereocenters. The normalized spacial score (nSPS) is 10.1. The molecule has 0 saturated carbocycles. The molecule has 2 rings (SSSR count). The molecule has 0 aliphatic carbocycles. The fourth-order valence-corrected chi connectivity index (χ4v) is 1.63. The fraction of sp³-hybridized carbons (Fsp3) is 0.231. The number of nitrogens with one attached hydrogen (secondary N) is 3. The minimum Gasteiger partial charge on any atom is -0.379 e. The number of carbonyl (C=O) groups is 1. The number of H-pyrrole nitrogens is 1. The van der Waals surface area contributed by atoms with Gasteiger partial charge in [-0.3, -0.25) is 4.79 Å². The number of aromatic amines is 1. The second-order valence-electron chi connectivity index (χ2n) is 4.14. The molecule has 1 heterocycles. The molecule has 5 heteroatoms. The summed E-state index contributed by atoms with van der Waals surface area (Å²) in [6.07, 6.45) is 3.42. The maximum Gasteiger partial charge on any atom is 0.221 e. The van der Waals surface area contributed by atoms with E-state index in [9.17, 15) is 4.79 Å². The van der Waals surface area contributed by atoms with Crippen molar-refractivity contribution >= 4 is 17.3 Å². The summed E-state index contributed by atoms with van der Waals surface area (Å²) in [6, 6.07) is 5.88. The van der Waals surface area contributed by atoms with Gasteiger partial charge in [0.05, 0.1) is 18.6 Å². The van der Waals surface area contributed by atoms with Crippen LogP contribution in [0.4, 0.5) is 11.4 Å². The molecule has 18 heavy (non-hydrogen) atoms. The summed E-state index contributed by atoms with van der Waals surface area (Å²) in [5, 5.41) is 6.07. The Labute approximate surface area is 106 Å². The van der Waals surface area contributed by atoms with Crippen molar-refractivity contribution in [2.45, 2.75) is 20.4 Å². The van der Waals surface area contributed by atoms with Crippen LogP contribution in [-0.4, -0.2) is 15.9 Å². The van der Waals surface area contributed by atoms with Crippen molar-refractivity contribution in [2.75, 3.05) is 10.6 Å². The van der Waals surface area contributed by atoms with Crippen molar-refractivity contribution in [3.05, 3.63) is 42.0 Å². The quantitative estimate of drug-likeness (QED) is 0.772. The van der Waals surface area contributed by atoms with E-state index in [-0.39, 0.29) is 5.91 Å². The minimum absolute atomic E-state index is 0.0659. The van der Waals surface area contributed by atoms with E-state index in [2.05, 4.69) is 20.6 Å². The van der Waals surface area contributed by atoms with Crippen molar-refractivity contribution in [3.8, 4) is 0 Å². The van der Waals surface area contributed by atoms with E-state index in [1.807, 2.05) is 25.1 Å². The van der Waals surface area contributed by atoms with E-state index in [1.165, 1.54) is 6.92 Å². The van der Waals surface area contributed by atoms with Gasteiger partial charge in [0.25, 0.3) is 0 Å². The molecule has 2 aromatic rings. The fourth-order valence-electron chi connectivity index (χ4n) is 1.63.